The number of carbonyl (C=O) groups is 1. The largest absolute Gasteiger partial charge is 0.409 e. The maximum absolute atomic E-state index is 10.6. The molecule has 11 heavy (non-hydrogen) atoms. The van der Waals surface area contributed by atoms with Crippen LogP contribution in [0.25, 0.3) is 0 Å². The number of carbonyl (C=O) groups excluding carboxylic acids is 1. The van der Waals surface area contributed by atoms with Crippen molar-refractivity contribution < 1.29 is 10.0 Å². The molecule has 0 aliphatic carbocycles. The Hall–Kier alpha value is -1.26. The van der Waals surface area contributed by atoms with Crippen molar-refractivity contribution in [3.8, 4) is 0 Å². The van der Waals surface area contributed by atoms with Crippen LogP contribution in [0.1, 0.15) is 19.8 Å². The normalized spacial score (nSPS) is 14.5. The Morgan fingerprint density at radius 2 is 2.18 bits per heavy atom. The first-order chi connectivity index (χ1) is 5.13. The number of primary amides is 1. The second-order valence-corrected chi connectivity index (χ2v) is 2.27. The van der Waals surface area contributed by atoms with Crippen LogP contribution in [0.2, 0.25) is 0 Å². The second-order valence-electron chi connectivity index (χ2n) is 2.27. The zero-order valence-electron chi connectivity index (χ0n) is 6.45. The molecule has 5 N–H and O–H groups in total. The minimum atomic E-state index is -0.634. The average molecular weight is 159 g/mol. The van der Waals surface area contributed by atoms with E-state index in [1.807, 2.05) is 6.92 Å². The summed E-state index contributed by atoms with van der Waals surface area (Å²) in [6.45, 7) is 1.89. The van der Waals surface area contributed by atoms with E-state index in [0.29, 0.717) is 6.42 Å². The van der Waals surface area contributed by atoms with E-state index in [4.69, 9.17) is 16.7 Å². The van der Waals surface area contributed by atoms with Crippen LogP contribution in [-0.2, 0) is 4.79 Å². The summed E-state index contributed by atoms with van der Waals surface area (Å²) in [5.41, 5.74) is 10.2. The molecule has 0 bridgehead atoms. The molecule has 1 amide bonds. The topological polar surface area (TPSA) is 102 Å². The van der Waals surface area contributed by atoms with E-state index in [1.165, 1.54) is 0 Å². The van der Waals surface area contributed by atoms with Gasteiger partial charge in [0, 0.05) is 0 Å². The zero-order valence-corrected chi connectivity index (χ0v) is 6.45. The lowest BCUT2D eigenvalue weighted by atomic mass is 10.0. The summed E-state index contributed by atoms with van der Waals surface area (Å²) >= 11 is 0. The number of nitrogens with zero attached hydrogens (tertiary/aromatic N) is 1. The quantitative estimate of drug-likeness (QED) is 0.226. The van der Waals surface area contributed by atoms with Crippen LogP contribution in [0.4, 0.5) is 0 Å². The summed E-state index contributed by atoms with van der Waals surface area (Å²) in [6.07, 6.45) is 1.29. The van der Waals surface area contributed by atoms with E-state index in [1.54, 1.807) is 0 Å². The third kappa shape index (κ3) is 2.88. The lowest BCUT2D eigenvalue weighted by Crippen LogP contribution is -2.35. The molecule has 0 aromatic carbocycles. The number of amides is 1. The van der Waals surface area contributed by atoms with Gasteiger partial charge in [-0.05, 0) is 6.42 Å². The van der Waals surface area contributed by atoms with Gasteiger partial charge in [0.1, 0.15) is 0 Å². The summed E-state index contributed by atoms with van der Waals surface area (Å²) in [7, 11) is 0. The first-order valence-corrected chi connectivity index (χ1v) is 3.40. The molecule has 0 spiro atoms. The first kappa shape index (κ1) is 9.74. The molecular formula is C6H13N3O2. The van der Waals surface area contributed by atoms with Gasteiger partial charge in [0.15, 0.2) is 5.84 Å². The number of hydrogen-bond donors (Lipinski definition) is 3. The molecule has 64 valence electrons. The van der Waals surface area contributed by atoms with Gasteiger partial charge in [-0.1, -0.05) is 18.5 Å². The van der Waals surface area contributed by atoms with Gasteiger partial charge in [-0.15, -0.1) is 0 Å². The Morgan fingerprint density at radius 1 is 1.64 bits per heavy atom. The van der Waals surface area contributed by atoms with Crippen molar-refractivity contribution in [2.45, 2.75) is 19.8 Å². The van der Waals surface area contributed by atoms with Gasteiger partial charge in [0.2, 0.25) is 5.91 Å². The molecule has 0 heterocycles. The molecule has 0 aromatic rings. The third-order valence-electron chi connectivity index (χ3n) is 1.39. The van der Waals surface area contributed by atoms with E-state index in [9.17, 15) is 4.79 Å². The molecule has 0 rings (SSSR count). The van der Waals surface area contributed by atoms with Crippen LogP contribution >= 0.6 is 0 Å². The molecule has 1 atom stereocenters. The molecule has 0 saturated carbocycles. The SMILES string of the molecule is CCCC(C(N)=O)C(N)=NO. The van der Waals surface area contributed by atoms with Gasteiger partial charge in [-0.3, -0.25) is 4.79 Å². The van der Waals surface area contributed by atoms with Crippen LogP contribution < -0.4 is 11.5 Å². The Kier molecular flexibility index (Phi) is 4.02. The molecule has 0 fully saturated rings. The summed E-state index contributed by atoms with van der Waals surface area (Å²) in [6, 6.07) is 0. The Bertz CT molecular complexity index is 167. The van der Waals surface area contributed by atoms with Crippen molar-refractivity contribution in [2.75, 3.05) is 0 Å². The van der Waals surface area contributed by atoms with Crippen molar-refractivity contribution in [2.24, 2.45) is 22.5 Å². The Labute approximate surface area is 65.0 Å². The standard InChI is InChI=1S/C6H13N3O2/c1-2-3-4(6(8)10)5(7)9-11/h4,11H,2-3H2,1H3,(H2,7,9)(H2,8,10). The molecule has 0 radical (unpaired) electrons. The summed E-state index contributed by atoms with van der Waals surface area (Å²) in [5, 5.41) is 11.0. The lowest BCUT2D eigenvalue weighted by molar-refractivity contribution is -0.120. The maximum Gasteiger partial charge on any atom is 0.228 e. The molecule has 0 aromatic heterocycles. The number of rotatable bonds is 4. The number of nitrogens with two attached hydrogens (primary N) is 2. The lowest BCUT2D eigenvalue weighted by Gasteiger charge is -2.08. The Balaban J connectivity index is 4.21. The summed E-state index contributed by atoms with van der Waals surface area (Å²) < 4.78 is 0. The fraction of sp³-hybridized carbons (Fsp3) is 0.667. The van der Waals surface area contributed by atoms with Gasteiger partial charge in [-0.25, -0.2) is 0 Å². The first-order valence-electron chi connectivity index (χ1n) is 3.40. The van der Waals surface area contributed by atoms with E-state index in [2.05, 4.69) is 5.16 Å². The van der Waals surface area contributed by atoms with Gasteiger partial charge in [-0.2, -0.15) is 0 Å². The Morgan fingerprint density at radius 3 is 2.45 bits per heavy atom. The summed E-state index contributed by atoms with van der Waals surface area (Å²) in [5.74, 6) is -1.30. The highest BCUT2D eigenvalue weighted by atomic mass is 16.4. The molecule has 1 unspecified atom stereocenters. The average Bonchev–Trinajstić information content (AvgIpc) is 1.98. The number of amidine groups is 1. The maximum atomic E-state index is 10.6. The van der Waals surface area contributed by atoms with Crippen LogP contribution in [-0.4, -0.2) is 17.0 Å². The second kappa shape index (κ2) is 4.54. The molecular weight excluding hydrogens is 146 g/mol. The molecule has 0 aliphatic rings. The van der Waals surface area contributed by atoms with E-state index < -0.39 is 11.8 Å². The zero-order chi connectivity index (χ0) is 8.85. The van der Waals surface area contributed by atoms with Crippen molar-refractivity contribution in [3.63, 3.8) is 0 Å². The van der Waals surface area contributed by atoms with Gasteiger partial charge in [0.05, 0.1) is 5.92 Å². The van der Waals surface area contributed by atoms with Crippen molar-refractivity contribution in [1.29, 1.82) is 0 Å². The highest BCUT2D eigenvalue weighted by Crippen LogP contribution is 2.04. The fourth-order valence-electron chi connectivity index (χ4n) is 0.794. The van der Waals surface area contributed by atoms with E-state index >= 15 is 0 Å². The highest BCUT2D eigenvalue weighted by Gasteiger charge is 2.18. The number of oxime groups is 1. The third-order valence-corrected chi connectivity index (χ3v) is 1.39. The van der Waals surface area contributed by atoms with Gasteiger partial charge >= 0.3 is 0 Å². The molecule has 0 saturated heterocycles. The van der Waals surface area contributed by atoms with Gasteiger partial charge < -0.3 is 16.7 Å². The van der Waals surface area contributed by atoms with E-state index in [-0.39, 0.29) is 5.84 Å². The predicted molar refractivity (Wildman–Crippen MR) is 41.0 cm³/mol. The van der Waals surface area contributed by atoms with Crippen LogP contribution in [0.15, 0.2) is 5.16 Å². The van der Waals surface area contributed by atoms with Gasteiger partial charge in [0.25, 0.3) is 0 Å². The molecule has 5 heteroatoms. The fourth-order valence-corrected chi connectivity index (χ4v) is 0.794. The van der Waals surface area contributed by atoms with Crippen LogP contribution in [0.5, 0.6) is 0 Å². The minimum absolute atomic E-state index is 0.112. The monoisotopic (exact) mass is 159 g/mol. The predicted octanol–water partition coefficient (Wildman–Crippen LogP) is -0.366. The number of hydrogen-bond acceptors (Lipinski definition) is 3. The molecule has 0 aliphatic heterocycles. The molecule has 5 nitrogen and oxygen atoms in total. The van der Waals surface area contributed by atoms with E-state index in [0.717, 1.165) is 6.42 Å². The smallest absolute Gasteiger partial charge is 0.228 e. The summed E-state index contributed by atoms with van der Waals surface area (Å²) in [4.78, 5) is 10.6. The van der Waals surface area contributed by atoms with Crippen LogP contribution in [0, 0.1) is 5.92 Å². The van der Waals surface area contributed by atoms with Crippen molar-refractivity contribution in [1.82, 2.24) is 0 Å². The van der Waals surface area contributed by atoms with Crippen molar-refractivity contribution >= 4 is 11.7 Å². The van der Waals surface area contributed by atoms with Crippen LogP contribution in [0.3, 0.4) is 0 Å². The highest BCUT2D eigenvalue weighted by molar-refractivity contribution is 6.01. The van der Waals surface area contributed by atoms with Crippen molar-refractivity contribution in [3.05, 3.63) is 0 Å². The minimum Gasteiger partial charge on any atom is -0.409 e.